The number of imide groups is 1. The molecule has 0 aliphatic heterocycles. The van der Waals surface area contributed by atoms with Crippen molar-refractivity contribution in [3.8, 4) is 5.75 Å². The van der Waals surface area contributed by atoms with Gasteiger partial charge in [0.05, 0.1) is 5.56 Å². The van der Waals surface area contributed by atoms with Crippen LogP contribution in [0.3, 0.4) is 0 Å². The van der Waals surface area contributed by atoms with Crippen LogP contribution >= 0.6 is 11.6 Å². The molecule has 4 nitrogen and oxygen atoms in total. The van der Waals surface area contributed by atoms with E-state index in [-0.39, 0.29) is 11.3 Å². The van der Waals surface area contributed by atoms with E-state index in [0.717, 1.165) is 5.56 Å². The van der Waals surface area contributed by atoms with Gasteiger partial charge in [0.2, 0.25) is 0 Å². The van der Waals surface area contributed by atoms with Crippen LogP contribution in [0.5, 0.6) is 5.75 Å². The highest BCUT2D eigenvalue weighted by molar-refractivity contribution is 6.30. The normalized spacial score (nSPS) is 10.5. The summed E-state index contributed by atoms with van der Waals surface area (Å²) in [6.45, 7) is 0. The van der Waals surface area contributed by atoms with Gasteiger partial charge < -0.3 is 5.11 Å². The second-order valence-corrected chi connectivity index (χ2v) is 4.66. The summed E-state index contributed by atoms with van der Waals surface area (Å²) in [6.07, 6.45) is 2.77. The minimum Gasteiger partial charge on any atom is -0.507 e. The topological polar surface area (TPSA) is 66.4 Å². The molecule has 0 aliphatic carbocycles. The Morgan fingerprint density at radius 2 is 1.86 bits per heavy atom. The Kier molecular flexibility index (Phi) is 4.74. The van der Waals surface area contributed by atoms with Crippen molar-refractivity contribution < 1.29 is 14.7 Å². The van der Waals surface area contributed by atoms with Crippen molar-refractivity contribution in [3.63, 3.8) is 0 Å². The van der Waals surface area contributed by atoms with Gasteiger partial charge in [0.15, 0.2) is 0 Å². The van der Waals surface area contributed by atoms with Gasteiger partial charge in [-0.1, -0.05) is 35.9 Å². The number of phenolic OH excluding ortho intramolecular Hbond substituents is 1. The van der Waals surface area contributed by atoms with Gasteiger partial charge in [-0.3, -0.25) is 14.9 Å². The third kappa shape index (κ3) is 4.19. The molecule has 0 aliphatic rings. The second-order valence-electron chi connectivity index (χ2n) is 4.22. The molecule has 0 saturated carbocycles. The highest BCUT2D eigenvalue weighted by Gasteiger charge is 2.11. The number of nitrogens with one attached hydrogen (secondary N) is 1. The third-order valence-corrected chi connectivity index (χ3v) is 2.90. The molecule has 5 heteroatoms. The number of carbonyl (C=O) groups is 2. The monoisotopic (exact) mass is 301 g/mol. The highest BCUT2D eigenvalue weighted by Crippen LogP contribution is 2.15. The van der Waals surface area contributed by atoms with E-state index < -0.39 is 11.8 Å². The van der Waals surface area contributed by atoms with E-state index in [4.69, 9.17) is 11.6 Å². The maximum Gasteiger partial charge on any atom is 0.261 e. The third-order valence-electron chi connectivity index (χ3n) is 2.66. The summed E-state index contributed by atoms with van der Waals surface area (Å²) in [5.74, 6) is -1.42. The van der Waals surface area contributed by atoms with Crippen LogP contribution < -0.4 is 5.32 Å². The van der Waals surface area contributed by atoms with Gasteiger partial charge in [-0.15, -0.1) is 0 Å². The zero-order chi connectivity index (χ0) is 15.2. The van der Waals surface area contributed by atoms with Crippen molar-refractivity contribution in [3.05, 3.63) is 70.8 Å². The molecule has 2 rings (SSSR count). The van der Waals surface area contributed by atoms with Gasteiger partial charge >= 0.3 is 0 Å². The lowest BCUT2D eigenvalue weighted by Gasteiger charge is -2.03. The largest absolute Gasteiger partial charge is 0.507 e. The number of phenols is 1. The number of hydrogen-bond donors (Lipinski definition) is 2. The molecule has 0 aromatic heterocycles. The van der Waals surface area contributed by atoms with Crippen LogP contribution in [-0.4, -0.2) is 16.9 Å². The first-order valence-electron chi connectivity index (χ1n) is 6.13. The van der Waals surface area contributed by atoms with E-state index >= 15 is 0 Å². The first-order chi connectivity index (χ1) is 10.1. The Morgan fingerprint density at radius 3 is 2.57 bits per heavy atom. The molecule has 2 aromatic rings. The number of carbonyl (C=O) groups excluding carboxylic acids is 2. The Bertz CT molecular complexity index is 710. The maximum atomic E-state index is 11.8. The Hall–Kier alpha value is -2.59. The molecular formula is C16H12ClNO3. The molecule has 2 amide bonds. The summed E-state index contributed by atoms with van der Waals surface area (Å²) in [7, 11) is 0. The zero-order valence-corrected chi connectivity index (χ0v) is 11.7. The smallest absolute Gasteiger partial charge is 0.261 e. The lowest BCUT2D eigenvalue weighted by molar-refractivity contribution is -0.115. The molecule has 0 spiro atoms. The van der Waals surface area contributed by atoms with Gasteiger partial charge in [0, 0.05) is 11.1 Å². The molecule has 106 valence electrons. The standard InChI is InChI=1S/C16H12ClNO3/c17-12-5-3-4-11(10-12)8-9-15(20)18-16(21)13-6-1-2-7-14(13)19/h1-10,19H,(H,18,20,21). The van der Waals surface area contributed by atoms with E-state index in [1.807, 2.05) is 0 Å². The van der Waals surface area contributed by atoms with E-state index in [0.29, 0.717) is 5.02 Å². The number of aromatic hydroxyl groups is 1. The van der Waals surface area contributed by atoms with Crippen LogP contribution in [0, 0.1) is 0 Å². The van der Waals surface area contributed by atoms with Crippen molar-refractivity contribution in [2.24, 2.45) is 0 Å². The fraction of sp³-hybridized carbons (Fsp3) is 0. The molecule has 21 heavy (non-hydrogen) atoms. The average molecular weight is 302 g/mol. The summed E-state index contributed by atoms with van der Waals surface area (Å²) in [6, 6.07) is 12.9. The summed E-state index contributed by atoms with van der Waals surface area (Å²) in [5.41, 5.74) is 0.787. The maximum absolute atomic E-state index is 11.8. The van der Waals surface area contributed by atoms with Gasteiger partial charge in [0.25, 0.3) is 11.8 Å². The van der Waals surface area contributed by atoms with E-state index in [9.17, 15) is 14.7 Å². The van der Waals surface area contributed by atoms with Gasteiger partial charge in [-0.2, -0.15) is 0 Å². The molecule has 0 radical (unpaired) electrons. The fourth-order valence-electron chi connectivity index (χ4n) is 1.67. The first kappa shape index (κ1) is 14.8. The van der Waals surface area contributed by atoms with Crippen molar-refractivity contribution in [2.45, 2.75) is 0 Å². The summed E-state index contributed by atoms with van der Waals surface area (Å²) in [4.78, 5) is 23.5. The van der Waals surface area contributed by atoms with Gasteiger partial charge in [-0.25, -0.2) is 0 Å². The number of halogens is 1. The Balaban J connectivity index is 2.02. The van der Waals surface area contributed by atoms with Crippen LogP contribution in [0.25, 0.3) is 6.08 Å². The number of para-hydroxylation sites is 1. The zero-order valence-electron chi connectivity index (χ0n) is 10.9. The van der Waals surface area contributed by atoms with Crippen molar-refractivity contribution in [1.82, 2.24) is 5.32 Å². The van der Waals surface area contributed by atoms with Crippen LogP contribution in [0.4, 0.5) is 0 Å². The predicted octanol–water partition coefficient (Wildman–Crippen LogP) is 3.02. The van der Waals surface area contributed by atoms with Gasteiger partial charge in [0.1, 0.15) is 5.75 Å². The number of amides is 2. The SMILES string of the molecule is O=C(C=Cc1cccc(Cl)c1)NC(=O)c1ccccc1O. The average Bonchev–Trinajstić information content (AvgIpc) is 2.45. The molecule has 0 fully saturated rings. The molecule has 2 N–H and O–H groups in total. The van der Waals surface area contributed by atoms with E-state index in [1.54, 1.807) is 42.5 Å². The fourth-order valence-corrected chi connectivity index (χ4v) is 1.87. The van der Waals surface area contributed by atoms with Crippen molar-refractivity contribution >= 4 is 29.5 Å². The minimum absolute atomic E-state index is 0.0435. The molecule has 2 aromatic carbocycles. The highest BCUT2D eigenvalue weighted by atomic mass is 35.5. The summed E-state index contributed by atoms with van der Waals surface area (Å²) >= 11 is 5.83. The Morgan fingerprint density at radius 1 is 1.10 bits per heavy atom. The van der Waals surface area contributed by atoms with Crippen molar-refractivity contribution in [2.75, 3.05) is 0 Å². The molecule has 0 heterocycles. The van der Waals surface area contributed by atoms with Crippen LogP contribution in [0.1, 0.15) is 15.9 Å². The van der Waals surface area contributed by atoms with Crippen LogP contribution in [0.15, 0.2) is 54.6 Å². The molecular weight excluding hydrogens is 290 g/mol. The van der Waals surface area contributed by atoms with Crippen LogP contribution in [0.2, 0.25) is 5.02 Å². The quantitative estimate of drug-likeness (QED) is 0.856. The summed E-state index contributed by atoms with van der Waals surface area (Å²) in [5, 5.41) is 12.2. The predicted molar refractivity (Wildman–Crippen MR) is 81.1 cm³/mol. The number of rotatable bonds is 3. The number of benzene rings is 2. The molecule has 0 bridgehead atoms. The lowest BCUT2D eigenvalue weighted by Crippen LogP contribution is -2.28. The number of hydrogen-bond acceptors (Lipinski definition) is 3. The molecule has 0 saturated heterocycles. The minimum atomic E-state index is -0.658. The van der Waals surface area contributed by atoms with Crippen LogP contribution in [-0.2, 0) is 4.79 Å². The summed E-state index contributed by atoms with van der Waals surface area (Å²) < 4.78 is 0. The van der Waals surface area contributed by atoms with E-state index in [1.165, 1.54) is 18.2 Å². The van der Waals surface area contributed by atoms with Gasteiger partial charge in [-0.05, 0) is 35.9 Å². The first-order valence-corrected chi connectivity index (χ1v) is 6.51. The lowest BCUT2D eigenvalue weighted by atomic mass is 10.2. The molecule has 0 atom stereocenters. The van der Waals surface area contributed by atoms with E-state index in [2.05, 4.69) is 5.32 Å². The Labute approximate surface area is 126 Å². The molecule has 0 unspecified atom stereocenters. The second kappa shape index (κ2) is 6.72. The van der Waals surface area contributed by atoms with Crippen molar-refractivity contribution in [1.29, 1.82) is 0 Å².